The van der Waals surface area contributed by atoms with Crippen LogP contribution in [0.25, 0.3) is 0 Å². The van der Waals surface area contributed by atoms with Crippen molar-refractivity contribution in [2.24, 2.45) is 0 Å². The van der Waals surface area contributed by atoms with Crippen molar-refractivity contribution < 1.29 is 14.6 Å². The number of halogens is 1. The summed E-state index contributed by atoms with van der Waals surface area (Å²) in [5.74, 6) is 1.89. The Kier molecular flexibility index (Phi) is 3.01. The molecule has 0 unspecified atom stereocenters. The van der Waals surface area contributed by atoms with Gasteiger partial charge in [-0.15, -0.1) is 0 Å². The fraction of sp³-hybridized carbons (Fsp3) is 0.235. The van der Waals surface area contributed by atoms with E-state index in [1.165, 1.54) is 0 Å². The van der Waals surface area contributed by atoms with Gasteiger partial charge in [0.1, 0.15) is 17.2 Å². The number of hydrogen-bond acceptors (Lipinski definition) is 3. The Hall–Kier alpha value is -2.20. The van der Waals surface area contributed by atoms with E-state index in [1.807, 2.05) is 12.1 Å². The molecule has 2 heterocycles. The monoisotopic (exact) mass is 315 g/mol. The lowest BCUT2D eigenvalue weighted by Gasteiger charge is -2.17. The predicted molar refractivity (Wildman–Crippen MR) is 82.8 cm³/mol. The molecule has 112 valence electrons. The molecule has 5 heteroatoms. The van der Waals surface area contributed by atoms with E-state index in [9.17, 15) is 9.90 Å². The Balaban J connectivity index is 1.92. The first-order valence-corrected chi connectivity index (χ1v) is 7.53. The number of rotatable bonds is 1. The Morgan fingerprint density at radius 2 is 1.73 bits per heavy atom. The van der Waals surface area contributed by atoms with E-state index >= 15 is 0 Å². The van der Waals surface area contributed by atoms with Crippen LogP contribution in [0.3, 0.4) is 0 Å². The Morgan fingerprint density at radius 3 is 2.41 bits per heavy atom. The average Bonchev–Trinajstić information content (AvgIpc) is 2.90. The molecule has 0 saturated carbocycles. The molecule has 4 nitrogen and oxygen atoms in total. The quantitative estimate of drug-likeness (QED) is 0.820. The minimum absolute atomic E-state index is 0.0898. The molecule has 4 rings (SSSR count). The number of ether oxygens (including phenoxy) is 1. The molecule has 0 aromatic heterocycles. The normalized spacial score (nSPS) is 22.1. The van der Waals surface area contributed by atoms with Crippen LogP contribution in [0.4, 0.5) is 0 Å². The molecule has 1 amide bonds. The lowest BCUT2D eigenvalue weighted by atomic mass is 9.84. The fourth-order valence-electron chi connectivity index (χ4n) is 3.49. The van der Waals surface area contributed by atoms with Gasteiger partial charge in [0.05, 0.1) is 0 Å². The van der Waals surface area contributed by atoms with E-state index in [4.69, 9.17) is 16.3 Å². The van der Waals surface area contributed by atoms with Crippen molar-refractivity contribution >= 4 is 18.0 Å². The molecule has 0 aliphatic carbocycles. The zero-order valence-corrected chi connectivity index (χ0v) is 12.5. The van der Waals surface area contributed by atoms with Crippen LogP contribution < -0.4 is 4.74 Å². The maximum Gasteiger partial charge on any atom is 0.209 e. The van der Waals surface area contributed by atoms with Gasteiger partial charge in [0, 0.05) is 41.1 Å². The number of fused-ring (bicyclic) bond motifs is 5. The molecule has 1 N–H and O–H groups in total. The minimum atomic E-state index is 0.0898. The summed E-state index contributed by atoms with van der Waals surface area (Å²) in [6.45, 7) is 1.24. The molecule has 0 spiro atoms. The number of likely N-dealkylation sites (tertiary alicyclic amines) is 1. The highest BCUT2D eigenvalue weighted by Gasteiger charge is 2.39. The van der Waals surface area contributed by atoms with E-state index < -0.39 is 0 Å². The van der Waals surface area contributed by atoms with Gasteiger partial charge in [0.2, 0.25) is 6.41 Å². The number of phenols is 1. The number of nitrogens with zero attached hydrogens (tertiary/aromatic N) is 1. The molecular weight excluding hydrogens is 302 g/mol. The molecule has 1 fully saturated rings. The minimum Gasteiger partial charge on any atom is -0.508 e. The smallest absolute Gasteiger partial charge is 0.209 e. The Labute approximate surface area is 132 Å². The van der Waals surface area contributed by atoms with E-state index in [1.54, 1.807) is 29.2 Å². The van der Waals surface area contributed by atoms with Crippen LogP contribution in [0.1, 0.15) is 23.0 Å². The number of aromatic hydroxyl groups is 1. The molecular formula is C17H14ClNO3. The number of benzene rings is 2. The van der Waals surface area contributed by atoms with E-state index in [-0.39, 0.29) is 17.6 Å². The van der Waals surface area contributed by atoms with Crippen molar-refractivity contribution in [1.29, 1.82) is 0 Å². The van der Waals surface area contributed by atoms with Crippen molar-refractivity contribution in [3.05, 3.63) is 52.5 Å². The molecule has 2 aromatic carbocycles. The van der Waals surface area contributed by atoms with Crippen molar-refractivity contribution in [3.8, 4) is 17.2 Å². The fourth-order valence-corrected chi connectivity index (χ4v) is 3.67. The summed E-state index contributed by atoms with van der Waals surface area (Å²) in [4.78, 5) is 13.0. The lowest BCUT2D eigenvalue weighted by molar-refractivity contribution is -0.117. The molecule has 0 radical (unpaired) electrons. The Morgan fingerprint density at radius 1 is 1.09 bits per heavy atom. The van der Waals surface area contributed by atoms with Crippen LogP contribution in [-0.4, -0.2) is 29.5 Å². The molecule has 2 aromatic rings. The number of phenolic OH excluding ortho intramolecular Hbond substituents is 1. The summed E-state index contributed by atoms with van der Waals surface area (Å²) in [6.07, 6.45) is 0.877. The standard InChI is InChI=1S/C17H14ClNO3/c18-10-1-3-16-12(5-10)14-7-19(9-20)8-15(14)13-6-11(21)2-4-17(13)22-16/h1-6,9,14-15,21H,7-8H2/t14-,15-/m1/s1. The first-order chi connectivity index (χ1) is 10.7. The van der Waals surface area contributed by atoms with Gasteiger partial charge in [-0.3, -0.25) is 4.79 Å². The van der Waals surface area contributed by atoms with Crippen molar-refractivity contribution in [3.63, 3.8) is 0 Å². The second-order valence-corrected chi connectivity index (χ2v) is 6.22. The second kappa shape index (κ2) is 4.92. The zero-order chi connectivity index (χ0) is 15.3. The van der Waals surface area contributed by atoms with Crippen LogP contribution in [0.15, 0.2) is 36.4 Å². The van der Waals surface area contributed by atoms with E-state index in [0.717, 1.165) is 29.0 Å². The third-order valence-corrected chi connectivity index (χ3v) is 4.72. The zero-order valence-electron chi connectivity index (χ0n) is 11.7. The van der Waals surface area contributed by atoms with Crippen LogP contribution in [0.5, 0.6) is 17.2 Å². The van der Waals surface area contributed by atoms with Crippen LogP contribution in [0, 0.1) is 0 Å². The van der Waals surface area contributed by atoms with Crippen LogP contribution in [-0.2, 0) is 4.79 Å². The average molecular weight is 316 g/mol. The summed E-state index contributed by atoms with van der Waals surface area (Å²) >= 11 is 6.15. The van der Waals surface area contributed by atoms with Crippen molar-refractivity contribution in [2.75, 3.05) is 13.1 Å². The van der Waals surface area contributed by atoms with Crippen LogP contribution in [0.2, 0.25) is 5.02 Å². The SMILES string of the molecule is O=CN1C[C@@H]2c3cc(O)ccc3Oc3ccc(Cl)cc3[C@H]2C1. The molecule has 0 bridgehead atoms. The Bertz CT molecular complexity index is 702. The van der Waals surface area contributed by atoms with Gasteiger partial charge in [-0.1, -0.05) is 11.6 Å². The maximum absolute atomic E-state index is 11.2. The summed E-state index contributed by atoms with van der Waals surface area (Å²) in [5, 5.41) is 10.5. The van der Waals surface area contributed by atoms with E-state index in [0.29, 0.717) is 18.1 Å². The van der Waals surface area contributed by atoms with Gasteiger partial charge in [-0.25, -0.2) is 0 Å². The molecule has 22 heavy (non-hydrogen) atoms. The number of carbonyl (C=O) groups is 1. The highest BCUT2D eigenvalue weighted by atomic mass is 35.5. The van der Waals surface area contributed by atoms with Gasteiger partial charge in [-0.05, 0) is 36.4 Å². The first-order valence-electron chi connectivity index (χ1n) is 7.15. The topological polar surface area (TPSA) is 49.8 Å². The van der Waals surface area contributed by atoms with Gasteiger partial charge in [0.25, 0.3) is 0 Å². The van der Waals surface area contributed by atoms with Gasteiger partial charge >= 0.3 is 0 Å². The highest BCUT2D eigenvalue weighted by molar-refractivity contribution is 6.30. The van der Waals surface area contributed by atoms with Crippen LogP contribution >= 0.6 is 11.6 Å². The van der Waals surface area contributed by atoms with Crippen molar-refractivity contribution in [1.82, 2.24) is 4.90 Å². The summed E-state index contributed by atoms with van der Waals surface area (Å²) in [6, 6.07) is 10.7. The van der Waals surface area contributed by atoms with Gasteiger partial charge in [0.15, 0.2) is 0 Å². The summed E-state index contributed by atoms with van der Waals surface area (Å²) < 4.78 is 6.04. The summed E-state index contributed by atoms with van der Waals surface area (Å²) in [5.41, 5.74) is 1.94. The maximum atomic E-state index is 11.2. The molecule has 1 saturated heterocycles. The number of carbonyl (C=O) groups excluding carboxylic acids is 1. The third-order valence-electron chi connectivity index (χ3n) is 4.48. The highest BCUT2D eigenvalue weighted by Crippen LogP contribution is 2.50. The number of amides is 1. The summed E-state index contributed by atoms with van der Waals surface area (Å²) in [7, 11) is 0. The van der Waals surface area contributed by atoms with E-state index in [2.05, 4.69) is 0 Å². The largest absolute Gasteiger partial charge is 0.508 e. The van der Waals surface area contributed by atoms with Crippen molar-refractivity contribution in [2.45, 2.75) is 11.8 Å². The molecule has 2 atom stereocenters. The van der Waals surface area contributed by atoms with Gasteiger partial charge < -0.3 is 14.7 Å². The van der Waals surface area contributed by atoms with Gasteiger partial charge in [-0.2, -0.15) is 0 Å². The molecule has 2 aliphatic heterocycles. The third kappa shape index (κ3) is 2.03. The first kappa shape index (κ1) is 13.5. The lowest BCUT2D eigenvalue weighted by Crippen LogP contribution is -2.18. The predicted octanol–water partition coefficient (Wildman–Crippen LogP) is 3.49. The second-order valence-electron chi connectivity index (χ2n) is 5.78. The number of hydrogen-bond donors (Lipinski definition) is 1. The molecule has 2 aliphatic rings.